The molecule has 1 fully saturated rings. The number of thiophene rings is 1. The molecular formula is C10H14BrNS. The largest absolute Gasteiger partial charge is 0.330 e. The van der Waals surface area contributed by atoms with Crippen LogP contribution in [0.4, 0.5) is 0 Å². The quantitative estimate of drug-likeness (QED) is 0.868. The van der Waals surface area contributed by atoms with Crippen LogP contribution in [-0.2, 0) is 0 Å². The van der Waals surface area contributed by atoms with Crippen LogP contribution >= 0.6 is 27.3 Å². The van der Waals surface area contributed by atoms with E-state index in [-0.39, 0.29) is 0 Å². The monoisotopic (exact) mass is 259 g/mol. The summed E-state index contributed by atoms with van der Waals surface area (Å²) in [4.78, 5) is 1.48. The molecule has 1 nitrogen and oxygen atoms in total. The van der Waals surface area contributed by atoms with Gasteiger partial charge < -0.3 is 5.73 Å². The second-order valence-corrected chi connectivity index (χ2v) is 6.17. The average molecular weight is 260 g/mol. The van der Waals surface area contributed by atoms with Crippen molar-refractivity contribution >= 4 is 27.3 Å². The maximum absolute atomic E-state index is 5.74. The highest BCUT2D eigenvalue weighted by molar-refractivity contribution is 9.10. The summed E-state index contributed by atoms with van der Waals surface area (Å²) in [5.74, 6) is 1.37. The number of halogens is 1. The maximum Gasteiger partial charge on any atom is 0.0285 e. The van der Waals surface area contributed by atoms with E-state index < -0.39 is 0 Å². The van der Waals surface area contributed by atoms with Gasteiger partial charge in [0.2, 0.25) is 0 Å². The van der Waals surface area contributed by atoms with Gasteiger partial charge in [0.15, 0.2) is 0 Å². The summed E-state index contributed by atoms with van der Waals surface area (Å²) in [5, 5.41) is 2.15. The first-order chi connectivity index (χ1) is 6.07. The Morgan fingerprint density at radius 2 is 2.31 bits per heavy atom. The van der Waals surface area contributed by atoms with Crippen LogP contribution in [0.2, 0.25) is 0 Å². The molecule has 0 radical (unpaired) electrons. The van der Waals surface area contributed by atoms with E-state index >= 15 is 0 Å². The van der Waals surface area contributed by atoms with Crippen molar-refractivity contribution in [1.29, 1.82) is 0 Å². The topological polar surface area (TPSA) is 26.0 Å². The van der Waals surface area contributed by atoms with E-state index in [1.54, 1.807) is 0 Å². The van der Waals surface area contributed by atoms with E-state index in [9.17, 15) is 0 Å². The van der Waals surface area contributed by atoms with Crippen molar-refractivity contribution in [2.24, 2.45) is 17.1 Å². The van der Waals surface area contributed by atoms with E-state index in [1.165, 1.54) is 9.35 Å². The molecule has 13 heavy (non-hydrogen) atoms. The van der Waals surface area contributed by atoms with Crippen LogP contribution in [0, 0.1) is 11.3 Å². The van der Waals surface area contributed by atoms with Crippen LogP contribution in [0.15, 0.2) is 15.9 Å². The summed E-state index contributed by atoms with van der Waals surface area (Å²) in [5.41, 5.74) is 6.15. The highest BCUT2D eigenvalue weighted by Crippen LogP contribution is 2.64. The van der Waals surface area contributed by atoms with Gasteiger partial charge in [-0.3, -0.25) is 0 Å². The first-order valence-corrected chi connectivity index (χ1v) is 6.18. The van der Waals surface area contributed by atoms with Crippen molar-refractivity contribution < 1.29 is 0 Å². The second-order valence-electron chi connectivity index (χ2n) is 4.31. The molecule has 0 amide bonds. The molecular weight excluding hydrogens is 246 g/mol. The van der Waals surface area contributed by atoms with Crippen molar-refractivity contribution in [2.45, 2.75) is 19.8 Å². The Bertz CT molecular complexity index is 318. The van der Waals surface area contributed by atoms with Crippen LogP contribution in [0.5, 0.6) is 0 Å². The lowest BCUT2D eigenvalue weighted by molar-refractivity contribution is 0.559. The molecule has 2 atom stereocenters. The predicted molar refractivity (Wildman–Crippen MR) is 61.1 cm³/mol. The molecule has 1 aromatic rings. The Hall–Kier alpha value is 0.140. The molecule has 0 aliphatic heterocycles. The Labute approximate surface area is 91.5 Å². The fourth-order valence-corrected chi connectivity index (χ4v) is 4.05. The smallest absolute Gasteiger partial charge is 0.0285 e. The van der Waals surface area contributed by atoms with Gasteiger partial charge in [-0.1, -0.05) is 13.8 Å². The molecule has 1 saturated carbocycles. The molecule has 72 valence electrons. The van der Waals surface area contributed by atoms with Gasteiger partial charge in [0, 0.05) is 20.6 Å². The lowest BCUT2D eigenvalue weighted by atomic mass is 10.1. The van der Waals surface area contributed by atoms with Gasteiger partial charge in [-0.15, -0.1) is 11.3 Å². The molecule has 0 bridgehead atoms. The third kappa shape index (κ3) is 1.47. The molecule has 0 aromatic carbocycles. The molecule has 1 aliphatic rings. The molecule has 0 saturated heterocycles. The van der Waals surface area contributed by atoms with E-state index in [1.807, 2.05) is 11.3 Å². The van der Waals surface area contributed by atoms with Crippen LogP contribution in [0.3, 0.4) is 0 Å². The van der Waals surface area contributed by atoms with Gasteiger partial charge in [0.25, 0.3) is 0 Å². The molecule has 3 heteroatoms. The molecule has 0 unspecified atom stereocenters. The van der Waals surface area contributed by atoms with E-state index in [2.05, 4.69) is 41.2 Å². The predicted octanol–water partition coefficient (Wildman–Crippen LogP) is 3.21. The molecule has 1 aliphatic carbocycles. The van der Waals surface area contributed by atoms with Crippen molar-refractivity contribution in [1.82, 2.24) is 0 Å². The Morgan fingerprint density at radius 3 is 2.69 bits per heavy atom. The second kappa shape index (κ2) is 3.07. The third-order valence-electron chi connectivity index (χ3n) is 3.20. The fourth-order valence-electron chi connectivity index (χ4n) is 2.24. The molecule has 0 spiro atoms. The Morgan fingerprint density at radius 1 is 1.62 bits per heavy atom. The third-order valence-corrected chi connectivity index (χ3v) is 4.98. The molecule has 2 rings (SSSR count). The van der Waals surface area contributed by atoms with Crippen LogP contribution < -0.4 is 5.73 Å². The SMILES string of the molecule is CC1(C)[C@@H](CN)[C@@H]1c1cc(Br)cs1. The van der Waals surface area contributed by atoms with Crippen molar-refractivity contribution in [3.63, 3.8) is 0 Å². The zero-order valence-corrected chi connectivity index (χ0v) is 10.3. The summed E-state index contributed by atoms with van der Waals surface area (Å²) in [6.07, 6.45) is 0. The van der Waals surface area contributed by atoms with Crippen molar-refractivity contribution in [3.05, 3.63) is 20.8 Å². The van der Waals surface area contributed by atoms with Crippen molar-refractivity contribution in [2.75, 3.05) is 6.54 Å². The van der Waals surface area contributed by atoms with E-state index in [0.29, 0.717) is 17.3 Å². The Kier molecular flexibility index (Phi) is 2.29. The van der Waals surface area contributed by atoms with Gasteiger partial charge in [-0.25, -0.2) is 0 Å². The summed E-state index contributed by atoms with van der Waals surface area (Å²) in [6.45, 7) is 5.43. The number of hydrogen-bond acceptors (Lipinski definition) is 2. The summed E-state index contributed by atoms with van der Waals surface area (Å²) < 4.78 is 1.20. The summed E-state index contributed by atoms with van der Waals surface area (Å²) in [6, 6.07) is 2.23. The fraction of sp³-hybridized carbons (Fsp3) is 0.600. The highest BCUT2D eigenvalue weighted by Gasteiger charge is 2.57. The number of nitrogens with two attached hydrogens (primary N) is 1. The normalized spacial score (nSPS) is 30.5. The highest BCUT2D eigenvalue weighted by atomic mass is 79.9. The van der Waals surface area contributed by atoms with Gasteiger partial charge >= 0.3 is 0 Å². The number of hydrogen-bond donors (Lipinski definition) is 1. The van der Waals surface area contributed by atoms with E-state index in [0.717, 1.165) is 6.54 Å². The minimum Gasteiger partial charge on any atom is -0.330 e. The summed E-state index contributed by atoms with van der Waals surface area (Å²) in [7, 11) is 0. The average Bonchev–Trinajstić information content (AvgIpc) is 2.41. The molecule has 1 aromatic heterocycles. The van der Waals surface area contributed by atoms with Crippen LogP contribution in [0.25, 0.3) is 0 Å². The van der Waals surface area contributed by atoms with Gasteiger partial charge in [0.05, 0.1) is 0 Å². The van der Waals surface area contributed by atoms with Crippen molar-refractivity contribution in [3.8, 4) is 0 Å². The zero-order valence-electron chi connectivity index (χ0n) is 7.88. The summed E-state index contributed by atoms with van der Waals surface area (Å²) >= 11 is 5.33. The zero-order chi connectivity index (χ0) is 9.64. The minimum absolute atomic E-state index is 0.416. The van der Waals surface area contributed by atoms with E-state index in [4.69, 9.17) is 5.73 Å². The Balaban J connectivity index is 2.21. The first-order valence-electron chi connectivity index (χ1n) is 4.51. The van der Waals surface area contributed by atoms with Gasteiger partial charge in [-0.2, -0.15) is 0 Å². The van der Waals surface area contributed by atoms with Gasteiger partial charge in [-0.05, 0) is 39.9 Å². The first kappa shape index (κ1) is 9.69. The maximum atomic E-state index is 5.74. The van der Waals surface area contributed by atoms with Crippen LogP contribution in [0.1, 0.15) is 24.6 Å². The minimum atomic E-state index is 0.416. The lowest BCUT2D eigenvalue weighted by Gasteiger charge is -1.98. The number of rotatable bonds is 2. The molecule has 1 heterocycles. The lowest BCUT2D eigenvalue weighted by Crippen LogP contribution is -2.05. The van der Waals surface area contributed by atoms with Crippen LogP contribution in [-0.4, -0.2) is 6.54 Å². The standard InChI is InChI=1S/C10H14BrNS/c1-10(2)7(4-12)9(10)8-3-6(11)5-13-8/h3,5,7,9H,4,12H2,1-2H3/t7-,9+/m0/s1. The van der Waals surface area contributed by atoms with Gasteiger partial charge in [0.1, 0.15) is 0 Å². The molecule has 2 N–H and O–H groups in total.